The first kappa shape index (κ1) is 19.5. The highest BCUT2D eigenvalue weighted by atomic mass is 35.5. The van der Waals surface area contributed by atoms with E-state index < -0.39 is 23.0 Å². The van der Waals surface area contributed by atoms with E-state index in [0.29, 0.717) is 10.6 Å². The van der Waals surface area contributed by atoms with Gasteiger partial charge in [-0.3, -0.25) is 9.59 Å². The highest BCUT2D eigenvalue weighted by molar-refractivity contribution is 6.30. The molecule has 5 nitrogen and oxygen atoms in total. The van der Waals surface area contributed by atoms with Crippen LogP contribution in [0, 0.1) is 0 Å². The van der Waals surface area contributed by atoms with Crippen molar-refractivity contribution in [1.29, 1.82) is 0 Å². The number of hydrogen-bond donors (Lipinski definition) is 2. The molecule has 3 N–H and O–H groups in total. The first-order valence-corrected chi connectivity index (χ1v) is 7.90. The van der Waals surface area contributed by atoms with Gasteiger partial charge in [0.25, 0.3) is 0 Å². The van der Waals surface area contributed by atoms with E-state index in [1.807, 2.05) is 0 Å². The van der Waals surface area contributed by atoms with Crippen LogP contribution in [0.3, 0.4) is 0 Å². The number of hydrogen-bond acceptors (Lipinski definition) is 4. The number of ether oxygens (including phenoxy) is 1. The number of carbonyl (C=O) groups excluding carboxylic acids is 1. The molecule has 0 aliphatic rings. The molecule has 0 aliphatic carbocycles. The van der Waals surface area contributed by atoms with Crippen LogP contribution in [-0.4, -0.2) is 29.2 Å². The highest BCUT2D eigenvalue weighted by Crippen LogP contribution is 2.34. The second-order valence-electron chi connectivity index (χ2n) is 6.52. The predicted octanol–water partition coefficient (Wildman–Crippen LogP) is 3.13. The lowest BCUT2D eigenvalue weighted by atomic mass is 9.74. The number of carboxylic acids is 1. The van der Waals surface area contributed by atoms with E-state index in [-0.39, 0.29) is 25.8 Å². The van der Waals surface area contributed by atoms with E-state index in [9.17, 15) is 14.7 Å². The molecule has 0 aliphatic heterocycles. The summed E-state index contributed by atoms with van der Waals surface area (Å²) in [5, 5.41) is 10.3. The molecule has 0 aromatic heterocycles. The van der Waals surface area contributed by atoms with Gasteiger partial charge in [0.05, 0.1) is 5.41 Å². The molecular formula is C17H24ClNO4. The topological polar surface area (TPSA) is 89.6 Å². The van der Waals surface area contributed by atoms with Crippen LogP contribution >= 0.6 is 11.6 Å². The lowest BCUT2D eigenvalue weighted by Crippen LogP contribution is -2.39. The van der Waals surface area contributed by atoms with Gasteiger partial charge in [-0.15, -0.1) is 0 Å². The average Bonchev–Trinajstić information content (AvgIpc) is 2.42. The molecule has 1 unspecified atom stereocenters. The maximum atomic E-state index is 12.0. The minimum Gasteiger partial charge on any atom is -0.481 e. The fourth-order valence-corrected chi connectivity index (χ4v) is 2.60. The van der Waals surface area contributed by atoms with Gasteiger partial charge in [0.15, 0.2) is 0 Å². The maximum absolute atomic E-state index is 12.0. The molecule has 1 aromatic rings. The predicted molar refractivity (Wildman–Crippen MR) is 89.5 cm³/mol. The van der Waals surface area contributed by atoms with Crippen LogP contribution in [0.1, 0.15) is 45.6 Å². The molecule has 0 fully saturated rings. The minimum atomic E-state index is -1.23. The maximum Gasteiger partial charge on any atom is 0.314 e. The quantitative estimate of drug-likeness (QED) is 0.744. The second-order valence-corrected chi connectivity index (χ2v) is 6.96. The fraction of sp³-hybridized carbons (Fsp3) is 0.529. The third kappa shape index (κ3) is 5.52. The number of halogens is 1. The van der Waals surface area contributed by atoms with Crippen LogP contribution in [-0.2, 0) is 19.7 Å². The molecule has 1 aromatic carbocycles. The molecule has 0 radical (unpaired) electrons. The smallest absolute Gasteiger partial charge is 0.314 e. The van der Waals surface area contributed by atoms with Gasteiger partial charge in [-0.1, -0.05) is 23.7 Å². The number of nitrogens with two attached hydrogens (primary N) is 1. The Bertz CT molecular complexity index is 551. The summed E-state index contributed by atoms with van der Waals surface area (Å²) < 4.78 is 5.26. The number of carboxylic acid groups (broad SMARTS) is 1. The van der Waals surface area contributed by atoms with Crippen molar-refractivity contribution < 1.29 is 19.4 Å². The van der Waals surface area contributed by atoms with E-state index in [1.165, 1.54) is 0 Å². The summed E-state index contributed by atoms with van der Waals surface area (Å²) in [6.07, 6.45) is 0.356. The molecular weight excluding hydrogens is 318 g/mol. The number of benzene rings is 1. The van der Waals surface area contributed by atoms with Crippen molar-refractivity contribution >= 4 is 23.5 Å². The number of carbonyl (C=O) groups is 2. The van der Waals surface area contributed by atoms with Gasteiger partial charge < -0.3 is 15.6 Å². The summed E-state index contributed by atoms with van der Waals surface area (Å²) in [5.41, 5.74) is 4.38. The van der Waals surface area contributed by atoms with Gasteiger partial charge in [0.2, 0.25) is 0 Å². The second kappa shape index (κ2) is 7.79. The molecule has 0 spiro atoms. The normalized spacial score (nSPS) is 14.1. The van der Waals surface area contributed by atoms with Crippen LogP contribution < -0.4 is 5.73 Å². The summed E-state index contributed by atoms with van der Waals surface area (Å²) >= 11 is 5.87. The van der Waals surface area contributed by atoms with E-state index in [4.69, 9.17) is 22.1 Å². The van der Waals surface area contributed by atoms with Crippen molar-refractivity contribution in [2.24, 2.45) is 5.73 Å². The first-order valence-electron chi connectivity index (χ1n) is 7.52. The molecule has 128 valence electrons. The zero-order valence-electron chi connectivity index (χ0n) is 13.8. The molecule has 0 heterocycles. The van der Waals surface area contributed by atoms with Gasteiger partial charge in [-0.2, -0.15) is 0 Å². The molecule has 23 heavy (non-hydrogen) atoms. The van der Waals surface area contributed by atoms with E-state index >= 15 is 0 Å². The lowest BCUT2D eigenvalue weighted by Gasteiger charge is -2.30. The van der Waals surface area contributed by atoms with Gasteiger partial charge in [0.1, 0.15) is 5.60 Å². The van der Waals surface area contributed by atoms with Gasteiger partial charge in [-0.25, -0.2) is 0 Å². The van der Waals surface area contributed by atoms with E-state index in [1.54, 1.807) is 45.0 Å². The average molecular weight is 342 g/mol. The van der Waals surface area contributed by atoms with Crippen LogP contribution in [0.15, 0.2) is 24.3 Å². The van der Waals surface area contributed by atoms with Crippen molar-refractivity contribution in [3.63, 3.8) is 0 Å². The molecule has 1 rings (SSSR count). The minimum absolute atomic E-state index is 0.00615. The van der Waals surface area contributed by atoms with Gasteiger partial charge in [-0.05, 0) is 57.9 Å². The summed E-state index contributed by atoms with van der Waals surface area (Å²) in [6.45, 7) is 5.51. The lowest BCUT2D eigenvalue weighted by molar-refractivity contribution is -0.155. The van der Waals surface area contributed by atoms with Gasteiger partial charge in [0, 0.05) is 11.4 Å². The summed E-state index contributed by atoms with van der Waals surface area (Å²) in [4.78, 5) is 23.9. The third-order valence-corrected chi connectivity index (χ3v) is 3.81. The molecule has 0 saturated carbocycles. The van der Waals surface area contributed by atoms with Crippen molar-refractivity contribution in [3.8, 4) is 0 Å². The van der Waals surface area contributed by atoms with Crippen molar-refractivity contribution in [3.05, 3.63) is 34.9 Å². The molecule has 6 heteroatoms. The first-order chi connectivity index (χ1) is 10.6. The van der Waals surface area contributed by atoms with Crippen LogP contribution in [0.4, 0.5) is 0 Å². The molecule has 1 atom stereocenters. The fourth-order valence-electron chi connectivity index (χ4n) is 2.47. The molecule has 0 saturated heterocycles. The monoisotopic (exact) mass is 341 g/mol. The van der Waals surface area contributed by atoms with Crippen LogP contribution in [0.25, 0.3) is 0 Å². The van der Waals surface area contributed by atoms with Crippen LogP contribution in [0.2, 0.25) is 5.02 Å². The zero-order valence-corrected chi connectivity index (χ0v) is 14.5. The number of rotatable bonds is 7. The van der Waals surface area contributed by atoms with E-state index in [2.05, 4.69) is 0 Å². The Kier molecular flexibility index (Phi) is 6.59. The van der Waals surface area contributed by atoms with Crippen LogP contribution in [0.5, 0.6) is 0 Å². The van der Waals surface area contributed by atoms with Crippen molar-refractivity contribution in [2.45, 2.75) is 51.0 Å². The summed E-state index contributed by atoms with van der Waals surface area (Å²) in [7, 11) is 0. The largest absolute Gasteiger partial charge is 0.481 e. The Morgan fingerprint density at radius 1 is 1.17 bits per heavy atom. The Morgan fingerprint density at radius 2 is 1.74 bits per heavy atom. The molecule has 0 bridgehead atoms. The highest BCUT2D eigenvalue weighted by Gasteiger charge is 2.40. The summed E-state index contributed by atoms with van der Waals surface area (Å²) in [5.74, 6) is -1.43. The van der Waals surface area contributed by atoms with Crippen molar-refractivity contribution in [1.82, 2.24) is 0 Å². The SMILES string of the molecule is CC(C)(C)OC(=O)CCC(CCN)(C(=O)O)c1ccc(Cl)cc1. The third-order valence-electron chi connectivity index (χ3n) is 3.55. The zero-order chi connectivity index (χ0) is 17.7. The van der Waals surface area contributed by atoms with E-state index in [0.717, 1.165) is 0 Å². The standard InChI is InChI=1S/C17H24ClNO4/c1-16(2,3)23-14(20)8-9-17(10-11-19,15(21)22)12-4-6-13(18)7-5-12/h4-7H,8-11,19H2,1-3H3,(H,21,22). The summed E-state index contributed by atoms with van der Waals surface area (Å²) in [6, 6.07) is 6.61. The number of aliphatic carboxylic acids is 1. The molecule has 0 amide bonds. The van der Waals surface area contributed by atoms with Gasteiger partial charge >= 0.3 is 11.9 Å². The number of esters is 1. The Labute approximate surface area is 141 Å². The Morgan fingerprint density at radius 3 is 2.17 bits per heavy atom. The Balaban J connectivity index is 3.03. The Hall–Kier alpha value is -1.59. The van der Waals surface area contributed by atoms with Crippen molar-refractivity contribution in [2.75, 3.05) is 6.54 Å².